The van der Waals surface area contributed by atoms with E-state index in [0.29, 0.717) is 0 Å². The smallest absolute Gasteiger partial charge is 0.290 e. The second-order valence-electron chi connectivity index (χ2n) is 1.13. The molecule has 0 saturated heterocycles. The summed E-state index contributed by atoms with van der Waals surface area (Å²) in [5.41, 5.74) is 0. The molecule has 0 bridgehead atoms. The van der Waals surface area contributed by atoms with E-state index < -0.39 is 4.30 Å². The lowest BCUT2D eigenvalue weighted by molar-refractivity contribution is -0.122. The minimum atomic E-state index is -0.750. The fraction of sp³-hybridized carbons (Fsp3) is 0.833. The molecule has 0 heterocycles. The second kappa shape index (κ2) is 22.5. The van der Waals surface area contributed by atoms with Crippen LogP contribution in [0.15, 0.2) is 0 Å². The summed E-state index contributed by atoms with van der Waals surface area (Å²) in [6.07, 6.45) is 0. The van der Waals surface area contributed by atoms with Crippen molar-refractivity contribution in [1.82, 2.24) is 0 Å². The average Bonchev–Trinajstić information content (AvgIpc) is 1.89. The highest BCUT2D eigenvalue weighted by atomic mass is 35.6. The van der Waals surface area contributed by atoms with Gasteiger partial charge in [-0.1, -0.05) is 34.8 Å². The Hall–Kier alpha value is 0.300. The van der Waals surface area contributed by atoms with Crippen molar-refractivity contribution >= 4 is 41.3 Å². The van der Waals surface area contributed by atoms with Crippen LogP contribution >= 0.6 is 34.8 Å². The molecule has 0 radical (unpaired) electrons. The number of alkyl halides is 3. The summed E-state index contributed by atoms with van der Waals surface area (Å²) in [5.74, 6) is 0. The van der Waals surface area contributed by atoms with Crippen molar-refractivity contribution in [1.29, 1.82) is 0 Å². The van der Waals surface area contributed by atoms with Crippen LogP contribution in [0.5, 0.6) is 0 Å². The molecule has 6 heteroatoms. The Morgan fingerprint density at radius 1 is 1.33 bits per heavy atom. The molecule has 0 aromatic rings. The lowest BCUT2D eigenvalue weighted by Crippen LogP contribution is -1.84. The van der Waals surface area contributed by atoms with E-state index in [4.69, 9.17) is 49.4 Å². The van der Waals surface area contributed by atoms with Gasteiger partial charge < -0.3 is 9.84 Å². The Kier molecular flexibility index (Phi) is 34.0. The number of halogens is 3. The Morgan fingerprint density at radius 3 is 1.50 bits per heavy atom. The third kappa shape index (κ3) is 168. The van der Waals surface area contributed by atoms with E-state index in [1.807, 2.05) is 13.8 Å². The van der Waals surface area contributed by atoms with Crippen molar-refractivity contribution in [3.63, 3.8) is 0 Å². The maximum absolute atomic E-state index is 8.36. The van der Waals surface area contributed by atoms with Gasteiger partial charge in [-0.15, -0.1) is 0 Å². The molecular formula is C6H13Cl3O3. The van der Waals surface area contributed by atoms with E-state index in [2.05, 4.69) is 0 Å². The van der Waals surface area contributed by atoms with Gasteiger partial charge in [0.05, 0.1) is 0 Å². The van der Waals surface area contributed by atoms with Crippen LogP contribution in [0.2, 0.25) is 0 Å². The Balaban J connectivity index is -0.000000105. The molecule has 0 saturated carbocycles. The molecule has 0 fully saturated rings. The lowest BCUT2D eigenvalue weighted by Gasteiger charge is -1.86. The Labute approximate surface area is 87.6 Å². The van der Waals surface area contributed by atoms with Gasteiger partial charge in [-0.25, -0.2) is 0 Å². The molecule has 0 atom stereocenters. The molecule has 1 N–H and O–H groups in total. The molecule has 76 valence electrons. The fourth-order valence-corrected chi connectivity index (χ4v) is 0.204. The van der Waals surface area contributed by atoms with Crippen molar-refractivity contribution in [3.05, 3.63) is 0 Å². The quantitative estimate of drug-likeness (QED) is 0.595. The number of carbonyl (C=O) groups is 1. The van der Waals surface area contributed by atoms with Crippen molar-refractivity contribution in [2.45, 2.75) is 18.1 Å². The van der Waals surface area contributed by atoms with E-state index >= 15 is 0 Å². The number of rotatable bonds is 2. The summed E-state index contributed by atoms with van der Waals surface area (Å²) in [6.45, 7) is 5.42. The summed E-state index contributed by atoms with van der Waals surface area (Å²) in [4.78, 5) is 8.36. The summed E-state index contributed by atoms with van der Waals surface area (Å²) in [5, 5.41) is 6.89. The predicted molar refractivity (Wildman–Crippen MR) is 52.2 cm³/mol. The van der Waals surface area contributed by atoms with Gasteiger partial charge >= 0.3 is 0 Å². The maximum atomic E-state index is 8.36. The first-order valence-electron chi connectivity index (χ1n) is 3.14. The highest BCUT2D eigenvalue weighted by Gasteiger charge is 1.78. The molecule has 0 spiro atoms. The molecule has 0 aliphatic carbocycles. The minimum Gasteiger partial charge on any atom is -0.483 e. The average molecular weight is 240 g/mol. The first-order valence-corrected chi connectivity index (χ1v) is 4.45. The van der Waals surface area contributed by atoms with E-state index in [0.717, 1.165) is 13.2 Å². The zero-order valence-electron chi connectivity index (χ0n) is 6.97. The van der Waals surface area contributed by atoms with Gasteiger partial charge in [0.1, 0.15) is 0 Å². The van der Waals surface area contributed by atoms with Crippen molar-refractivity contribution in [2.75, 3.05) is 13.2 Å². The fourth-order valence-electron chi connectivity index (χ4n) is 0.204. The monoisotopic (exact) mass is 238 g/mol. The minimum absolute atomic E-state index is 0.250. The van der Waals surface area contributed by atoms with Crippen molar-refractivity contribution < 1.29 is 14.6 Å². The molecular weight excluding hydrogens is 226 g/mol. The standard InChI is InChI=1S/C4H10O.CHCl3.CH2O2/c1-3-5-4-2;2-1(3)4;2-1-3/h3-4H2,1-2H3;1H;1H,(H,2,3). The third-order valence-electron chi connectivity index (χ3n) is 0.408. The molecule has 3 nitrogen and oxygen atoms in total. The Bertz CT molecular complexity index is 66.3. The van der Waals surface area contributed by atoms with Gasteiger partial charge in [-0.2, -0.15) is 0 Å². The van der Waals surface area contributed by atoms with E-state index in [9.17, 15) is 0 Å². The van der Waals surface area contributed by atoms with Crippen LogP contribution in [0.4, 0.5) is 0 Å². The van der Waals surface area contributed by atoms with Crippen LogP contribution in [0.25, 0.3) is 0 Å². The van der Waals surface area contributed by atoms with Gasteiger partial charge in [-0.05, 0) is 13.8 Å². The molecule has 0 aliphatic heterocycles. The normalized spacial score (nSPS) is 7.50. The number of ether oxygens (including phenoxy) is 1. The summed E-state index contributed by atoms with van der Waals surface area (Å²) in [7, 11) is 0. The van der Waals surface area contributed by atoms with Gasteiger partial charge in [0.15, 0.2) is 4.30 Å². The van der Waals surface area contributed by atoms with Crippen LogP contribution in [0.3, 0.4) is 0 Å². The zero-order chi connectivity index (χ0) is 10.4. The summed E-state index contributed by atoms with van der Waals surface area (Å²) >= 11 is 14.4. The van der Waals surface area contributed by atoms with Gasteiger partial charge in [0.2, 0.25) is 0 Å². The number of hydrogen-bond acceptors (Lipinski definition) is 2. The summed E-state index contributed by atoms with van der Waals surface area (Å²) in [6, 6.07) is 0. The van der Waals surface area contributed by atoms with Crippen LogP contribution in [-0.2, 0) is 9.53 Å². The number of carboxylic acid groups (broad SMARTS) is 1. The van der Waals surface area contributed by atoms with Crippen LogP contribution in [0, 0.1) is 0 Å². The summed E-state index contributed by atoms with van der Waals surface area (Å²) < 4.78 is 4.08. The van der Waals surface area contributed by atoms with E-state index in [1.165, 1.54) is 0 Å². The van der Waals surface area contributed by atoms with Crippen LogP contribution in [-0.4, -0.2) is 29.1 Å². The molecule has 0 aromatic carbocycles. The maximum Gasteiger partial charge on any atom is 0.290 e. The topological polar surface area (TPSA) is 46.5 Å². The third-order valence-corrected chi connectivity index (χ3v) is 0.408. The van der Waals surface area contributed by atoms with E-state index in [-0.39, 0.29) is 6.47 Å². The molecule has 0 amide bonds. The van der Waals surface area contributed by atoms with Gasteiger partial charge in [-0.3, -0.25) is 4.79 Å². The molecule has 0 aromatic heterocycles. The highest BCUT2D eigenvalue weighted by Crippen LogP contribution is 2.03. The SMILES string of the molecule is CCOCC.ClC(Cl)Cl.O=CO. The van der Waals surface area contributed by atoms with Crippen molar-refractivity contribution in [3.8, 4) is 0 Å². The predicted octanol–water partition coefficient (Wildman–Crippen LogP) is 2.73. The van der Waals surface area contributed by atoms with Crippen LogP contribution < -0.4 is 0 Å². The number of hydrogen-bond donors (Lipinski definition) is 1. The molecule has 0 aliphatic rings. The first-order chi connectivity index (χ1) is 5.56. The second-order valence-corrected chi connectivity index (χ2v) is 3.11. The first kappa shape index (κ1) is 18.2. The largest absolute Gasteiger partial charge is 0.483 e. The van der Waals surface area contributed by atoms with Crippen molar-refractivity contribution in [2.24, 2.45) is 0 Å². The zero-order valence-corrected chi connectivity index (χ0v) is 9.23. The molecule has 12 heavy (non-hydrogen) atoms. The molecule has 0 unspecified atom stereocenters. The van der Waals surface area contributed by atoms with Gasteiger partial charge in [0, 0.05) is 13.2 Å². The Morgan fingerprint density at radius 2 is 1.50 bits per heavy atom. The highest BCUT2D eigenvalue weighted by molar-refractivity contribution is 6.63. The van der Waals surface area contributed by atoms with Gasteiger partial charge in [0.25, 0.3) is 6.47 Å². The van der Waals surface area contributed by atoms with E-state index in [1.54, 1.807) is 0 Å². The lowest BCUT2D eigenvalue weighted by atomic mass is 10.8. The molecule has 0 rings (SSSR count). The van der Waals surface area contributed by atoms with Crippen LogP contribution in [0.1, 0.15) is 13.8 Å².